The average Bonchev–Trinajstić information content (AvgIpc) is 3.27. The smallest absolute Gasteiger partial charge is 0.119 e. The number of nitrogens with zero attached hydrogens (tertiary/aromatic N) is 3. The average molecular weight is 339 g/mol. The van der Waals surface area contributed by atoms with Crippen LogP contribution in [0.4, 0.5) is 0 Å². The van der Waals surface area contributed by atoms with Crippen molar-refractivity contribution < 1.29 is 9.15 Å². The topological polar surface area (TPSA) is 43.4 Å². The van der Waals surface area contributed by atoms with Crippen LogP contribution in [0.1, 0.15) is 23.5 Å². The maximum atomic E-state index is 5.77. The molecule has 0 atom stereocenters. The minimum absolute atomic E-state index is 0.801. The van der Waals surface area contributed by atoms with E-state index in [1.807, 2.05) is 43.8 Å². The molecule has 0 aliphatic rings. The van der Waals surface area contributed by atoms with E-state index in [-0.39, 0.29) is 0 Å². The molecule has 0 aliphatic heterocycles. The Labute approximate surface area is 148 Å². The van der Waals surface area contributed by atoms with Gasteiger partial charge in [-0.1, -0.05) is 12.1 Å². The van der Waals surface area contributed by atoms with Gasteiger partial charge in [0.15, 0.2) is 0 Å². The van der Waals surface area contributed by atoms with Crippen molar-refractivity contribution in [2.45, 2.75) is 33.0 Å². The summed E-state index contributed by atoms with van der Waals surface area (Å²) in [7, 11) is 1.70. The normalized spacial score (nSPS) is 11.2. The zero-order chi connectivity index (χ0) is 17.5. The van der Waals surface area contributed by atoms with Gasteiger partial charge in [-0.25, -0.2) is 4.98 Å². The van der Waals surface area contributed by atoms with Crippen LogP contribution in [0.25, 0.3) is 0 Å². The fraction of sp³-hybridized carbons (Fsp3) is 0.350. The Bertz CT molecular complexity index is 765. The molecule has 0 unspecified atom stereocenters. The molecule has 132 valence electrons. The Morgan fingerprint density at radius 1 is 1.20 bits per heavy atom. The quantitative estimate of drug-likeness (QED) is 0.593. The highest BCUT2D eigenvalue weighted by atomic mass is 16.5. The molecule has 0 saturated carbocycles. The molecule has 0 fully saturated rings. The minimum atomic E-state index is 0.801. The number of furan rings is 1. The molecule has 1 aromatic carbocycles. The molecule has 5 nitrogen and oxygen atoms in total. The third-order valence-corrected chi connectivity index (χ3v) is 4.17. The van der Waals surface area contributed by atoms with Gasteiger partial charge in [0.25, 0.3) is 0 Å². The van der Waals surface area contributed by atoms with Crippen molar-refractivity contribution in [2.75, 3.05) is 13.7 Å². The van der Waals surface area contributed by atoms with Crippen LogP contribution in [0.5, 0.6) is 5.75 Å². The predicted octanol–water partition coefficient (Wildman–Crippen LogP) is 3.89. The van der Waals surface area contributed by atoms with Gasteiger partial charge in [-0.2, -0.15) is 0 Å². The molecule has 0 spiro atoms. The summed E-state index contributed by atoms with van der Waals surface area (Å²) >= 11 is 0. The van der Waals surface area contributed by atoms with Crippen molar-refractivity contribution in [1.82, 2.24) is 14.5 Å². The second kappa shape index (κ2) is 8.53. The maximum Gasteiger partial charge on any atom is 0.119 e. The molecule has 5 heteroatoms. The van der Waals surface area contributed by atoms with Crippen LogP contribution in [0.15, 0.2) is 59.5 Å². The highest BCUT2D eigenvalue weighted by Crippen LogP contribution is 2.17. The maximum absolute atomic E-state index is 5.77. The second-order valence-electron chi connectivity index (χ2n) is 6.23. The van der Waals surface area contributed by atoms with Gasteiger partial charge in [0.05, 0.1) is 20.0 Å². The van der Waals surface area contributed by atoms with Gasteiger partial charge in [0.2, 0.25) is 0 Å². The number of hydrogen-bond acceptors (Lipinski definition) is 4. The Balaban J connectivity index is 1.64. The monoisotopic (exact) mass is 339 g/mol. The largest absolute Gasteiger partial charge is 0.497 e. The lowest BCUT2D eigenvalue weighted by Gasteiger charge is -2.22. The minimum Gasteiger partial charge on any atom is -0.497 e. The number of rotatable bonds is 9. The molecular formula is C20H25N3O2. The number of benzene rings is 1. The first-order valence-electron chi connectivity index (χ1n) is 8.59. The number of hydrogen-bond donors (Lipinski definition) is 0. The van der Waals surface area contributed by atoms with Gasteiger partial charge < -0.3 is 13.7 Å². The Hall–Kier alpha value is -2.53. The zero-order valence-corrected chi connectivity index (χ0v) is 14.9. The van der Waals surface area contributed by atoms with Crippen LogP contribution in [-0.2, 0) is 19.6 Å². The fourth-order valence-corrected chi connectivity index (χ4v) is 2.93. The van der Waals surface area contributed by atoms with E-state index in [4.69, 9.17) is 9.15 Å². The summed E-state index contributed by atoms with van der Waals surface area (Å²) in [6.07, 6.45) is 6.74. The molecule has 2 heterocycles. The molecule has 0 amide bonds. The highest BCUT2D eigenvalue weighted by molar-refractivity contribution is 5.28. The van der Waals surface area contributed by atoms with Gasteiger partial charge in [0, 0.05) is 32.0 Å². The SMILES string of the molecule is COc1cccc(CN(CCCn2ccnc2)Cc2ccc(C)o2)c1. The van der Waals surface area contributed by atoms with E-state index in [2.05, 4.69) is 32.7 Å². The molecule has 25 heavy (non-hydrogen) atoms. The second-order valence-corrected chi connectivity index (χ2v) is 6.23. The van der Waals surface area contributed by atoms with Crippen molar-refractivity contribution in [2.24, 2.45) is 0 Å². The highest BCUT2D eigenvalue weighted by Gasteiger charge is 2.10. The van der Waals surface area contributed by atoms with E-state index in [1.54, 1.807) is 7.11 Å². The van der Waals surface area contributed by atoms with Crippen LogP contribution in [0, 0.1) is 6.92 Å². The molecule has 3 rings (SSSR count). The summed E-state index contributed by atoms with van der Waals surface area (Å²) < 4.78 is 13.2. The summed E-state index contributed by atoms with van der Waals surface area (Å²) in [4.78, 5) is 6.50. The van der Waals surface area contributed by atoms with Crippen LogP contribution in [0.3, 0.4) is 0 Å². The first kappa shape index (κ1) is 17.3. The molecule has 0 radical (unpaired) electrons. The Kier molecular flexibility index (Phi) is 5.90. The zero-order valence-electron chi connectivity index (χ0n) is 14.9. The van der Waals surface area contributed by atoms with Crippen molar-refractivity contribution in [3.63, 3.8) is 0 Å². The van der Waals surface area contributed by atoms with Crippen molar-refractivity contribution in [1.29, 1.82) is 0 Å². The number of imidazole rings is 1. The molecule has 2 aromatic heterocycles. The molecule has 3 aromatic rings. The third kappa shape index (κ3) is 5.22. The van der Waals surface area contributed by atoms with E-state index in [1.165, 1.54) is 5.56 Å². The van der Waals surface area contributed by atoms with Crippen LogP contribution in [-0.4, -0.2) is 28.1 Å². The standard InChI is InChI=1S/C20H25N3O2/c1-17-7-8-20(25-17)15-23(11-4-10-22-12-9-21-16-22)14-18-5-3-6-19(13-18)24-2/h3,5-9,12-13,16H,4,10-11,14-15H2,1-2H3. The van der Waals surface area contributed by atoms with Crippen molar-refractivity contribution in [3.05, 3.63) is 72.2 Å². The van der Waals surface area contributed by atoms with Crippen molar-refractivity contribution >= 4 is 0 Å². The number of methoxy groups -OCH3 is 1. The summed E-state index contributed by atoms with van der Waals surface area (Å²) in [5.41, 5.74) is 1.24. The lowest BCUT2D eigenvalue weighted by atomic mass is 10.2. The van der Waals surface area contributed by atoms with Crippen LogP contribution < -0.4 is 4.74 Å². The summed E-state index contributed by atoms with van der Waals surface area (Å²) in [6, 6.07) is 12.3. The number of aryl methyl sites for hydroxylation is 2. The lowest BCUT2D eigenvalue weighted by Crippen LogP contribution is -2.24. The van der Waals surface area contributed by atoms with E-state index in [9.17, 15) is 0 Å². The third-order valence-electron chi connectivity index (χ3n) is 4.17. The molecule has 0 bridgehead atoms. The lowest BCUT2D eigenvalue weighted by molar-refractivity contribution is 0.227. The molecule has 0 aliphatic carbocycles. The number of aromatic nitrogens is 2. The van der Waals surface area contributed by atoms with E-state index in [0.29, 0.717) is 0 Å². The Morgan fingerprint density at radius 2 is 2.12 bits per heavy atom. The van der Waals surface area contributed by atoms with Crippen LogP contribution in [0.2, 0.25) is 0 Å². The van der Waals surface area contributed by atoms with Crippen LogP contribution >= 0.6 is 0 Å². The summed E-state index contributed by atoms with van der Waals surface area (Å²) in [5.74, 6) is 2.85. The van der Waals surface area contributed by atoms with Gasteiger partial charge >= 0.3 is 0 Å². The summed E-state index contributed by atoms with van der Waals surface area (Å²) in [5, 5.41) is 0. The van der Waals surface area contributed by atoms with Gasteiger partial charge in [-0.15, -0.1) is 0 Å². The van der Waals surface area contributed by atoms with Gasteiger partial charge in [-0.3, -0.25) is 4.90 Å². The van der Waals surface area contributed by atoms with Gasteiger partial charge in [0.1, 0.15) is 17.3 Å². The number of ether oxygens (including phenoxy) is 1. The summed E-state index contributed by atoms with van der Waals surface area (Å²) in [6.45, 7) is 5.59. The van der Waals surface area contributed by atoms with Gasteiger partial charge in [-0.05, 0) is 43.2 Å². The fourth-order valence-electron chi connectivity index (χ4n) is 2.93. The Morgan fingerprint density at radius 3 is 2.84 bits per heavy atom. The van der Waals surface area contributed by atoms with Crippen molar-refractivity contribution in [3.8, 4) is 5.75 Å². The molecular weight excluding hydrogens is 314 g/mol. The molecule has 0 N–H and O–H groups in total. The predicted molar refractivity (Wildman–Crippen MR) is 97.4 cm³/mol. The first-order chi connectivity index (χ1) is 12.2. The first-order valence-corrected chi connectivity index (χ1v) is 8.59. The molecule has 0 saturated heterocycles. The van der Waals surface area contributed by atoms with E-state index >= 15 is 0 Å². The van der Waals surface area contributed by atoms with E-state index < -0.39 is 0 Å². The van der Waals surface area contributed by atoms with E-state index in [0.717, 1.165) is 49.9 Å².